The Hall–Kier alpha value is -3.41. The number of anilines is 2. The zero-order valence-corrected chi connectivity index (χ0v) is 15.6. The number of aryl methyl sites for hydroxylation is 2. The van der Waals surface area contributed by atoms with E-state index in [2.05, 4.69) is 20.6 Å². The highest BCUT2D eigenvalue weighted by molar-refractivity contribution is 5.92. The first kappa shape index (κ1) is 18.4. The smallest absolute Gasteiger partial charge is 0.270 e. The Kier molecular flexibility index (Phi) is 5.66. The number of hydrogen-bond acceptors (Lipinski definition) is 5. The number of para-hydroxylation sites is 2. The van der Waals surface area contributed by atoms with Gasteiger partial charge in [-0.2, -0.15) is 0 Å². The fourth-order valence-electron chi connectivity index (χ4n) is 2.70. The van der Waals surface area contributed by atoms with Gasteiger partial charge in [-0.15, -0.1) is 0 Å². The van der Waals surface area contributed by atoms with Crippen LogP contribution >= 0.6 is 0 Å². The Morgan fingerprint density at radius 2 is 1.85 bits per heavy atom. The molecule has 0 saturated carbocycles. The molecule has 6 nitrogen and oxygen atoms in total. The molecule has 0 atom stereocenters. The molecule has 3 rings (SSSR count). The Labute approximate surface area is 158 Å². The van der Waals surface area contributed by atoms with Gasteiger partial charge in [0, 0.05) is 12.2 Å². The zero-order valence-electron chi connectivity index (χ0n) is 15.6. The van der Waals surface area contributed by atoms with Gasteiger partial charge in [0.25, 0.3) is 5.91 Å². The number of hydrogen-bond donors (Lipinski definition) is 2. The largest absolute Gasteiger partial charge is 0.495 e. The molecule has 0 unspecified atom stereocenters. The molecule has 1 heterocycles. The average molecular weight is 362 g/mol. The number of carbonyl (C=O) groups excluding carboxylic acids is 1. The first-order chi connectivity index (χ1) is 13.0. The van der Waals surface area contributed by atoms with Gasteiger partial charge in [-0.1, -0.05) is 42.0 Å². The molecule has 0 aliphatic carbocycles. The molecular weight excluding hydrogens is 340 g/mol. The van der Waals surface area contributed by atoms with Crippen LogP contribution in [0.5, 0.6) is 5.75 Å². The number of amides is 1. The number of aromatic nitrogens is 2. The summed E-state index contributed by atoms with van der Waals surface area (Å²) in [6, 6.07) is 17.2. The number of ether oxygens (including phenoxy) is 1. The van der Waals surface area contributed by atoms with Crippen LogP contribution in [-0.2, 0) is 6.54 Å². The summed E-state index contributed by atoms with van der Waals surface area (Å²) in [5.74, 6) is 0.776. The van der Waals surface area contributed by atoms with Crippen LogP contribution in [-0.4, -0.2) is 23.0 Å². The van der Waals surface area contributed by atoms with Gasteiger partial charge in [0.1, 0.15) is 11.4 Å². The summed E-state index contributed by atoms with van der Waals surface area (Å²) in [6.07, 6.45) is 0. The van der Waals surface area contributed by atoms with Crippen molar-refractivity contribution in [1.29, 1.82) is 0 Å². The summed E-state index contributed by atoms with van der Waals surface area (Å²) in [7, 11) is 1.60. The quantitative estimate of drug-likeness (QED) is 0.698. The number of methoxy groups -OCH3 is 1. The van der Waals surface area contributed by atoms with E-state index in [-0.39, 0.29) is 5.91 Å². The van der Waals surface area contributed by atoms with Gasteiger partial charge in [0.2, 0.25) is 5.95 Å². The summed E-state index contributed by atoms with van der Waals surface area (Å²) < 4.78 is 5.33. The fraction of sp³-hybridized carbons (Fsp3) is 0.190. The summed E-state index contributed by atoms with van der Waals surface area (Å²) in [5, 5.41) is 6.02. The van der Waals surface area contributed by atoms with Gasteiger partial charge < -0.3 is 15.4 Å². The second-order valence-corrected chi connectivity index (χ2v) is 6.22. The predicted octanol–water partition coefficient (Wildman–Crippen LogP) is 3.78. The maximum Gasteiger partial charge on any atom is 0.270 e. The lowest BCUT2D eigenvalue weighted by molar-refractivity contribution is 0.0945. The third kappa shape index (κ3) is 4.82. The highest BCUT2D eigenvalue weighted by Crippen LogP contribution is 2.25. The van der Waals surface area contributed by atoms with Gasteiger partial charge in [-0.25, -0.2) is 9.97 Å². The van der Waals surface area contributed by atoms with E-state index < -0.39 is 0 Å². The lowest BCUT2D eigenvalue weighted by Crippen LogP contribution is -2.24. The number of nitrogens with one attached hydrogen (secondary N) is 2. The molecule has 1 aromatic heterocycles. The second kappa shape index (κ2) is 8.31. The van der Waals surface area contributed by atoms with Gasteiger partial charge in [0.05, 0.1) is 12.8 Å². The topological polar surface area (TPSA) is 76.1 Å². The number of nitrogens with zero attached hydrogens (tertiary/aromatic N) is 2. The third-order valence-corrected chi connectivity index (χ3v) is 3.98. The summed E-state index contributed by atoms with van der Waals surface area (Å²) in [4.78, 5) is 21.2. The molecule has 0 spiro atoms. The van der Waals surface area contributed by atoms with Crippen molar-refractivity contribution in [1.82, 2.24) is 15.3 Å². The van der Waals surface area contributed by atoms with Gasteiger partial charge >= 0.3 is 0 Å². The average Bonchev–Trinajstić information content (AvgIpc) is 2.66. The van der Waals surface area contributed by atoms with Gasteiger partial charge in [-0.05, 0) is 37.6 Å². The van der Waals surface area contributed by atoms with Crippen molar-refractivity contribution in [2.24, 2.45) is 0 Å². The highest BCUT2D eigenvalue weighted by atomic mass is 16.5. The van der Waals surface area contributed by atoms with E-state index in [1.165, 1.54) is 0 Å². The van der Waals surface area contributed by atoms with Gasteiger partial charge in [0.15, 0.2) is 0 Å². The van der Waals surface area contributed by atoms with Crippen LogP contribution in [0.3, 0.4) is 0 Å². The van der Waals surface area contributed by atoms with Crippen LogP contribution in [0, 0.1) is 13.8 Å². The maximum atomic E-state index is 12.5. The highest BCUT2D eigenvalue weighted by Gasteiger charge is 2.12. The second-order valence-electron chi connectivity index (χ2n) is 6.22. The molecule has 0 fully saturated rings. The molecule has 0 saturated heterocycles. The van der Waals surface area contributed by atoms with Crippen molar-refractivity contribution in [2.75, 3.05) is 12.4 Å². The lowest BCUT2D eigenvalue weighted by Gasteiger charge is -2.11. The minimum Gasteiger partial charge on any atom is -0.495 e. The molecular formula is C21H22N4O2. The van der Waals surface area contributed by atoms with Crippen LogP contribution in [0.25, 0.3) is 0 Å². The lowest BCUT2D eigenvalue weighted by atomic mass is 10.1. The van der Waals surface area contributed by atoms with Crippen molar-refractivity contribution in [3.63, 3.8) is 0 Å². The van der Waals surface area contributed by atoms with Crippen molar-refractivity contribution < 1.29 is 9.53 Å². The van der Waals surface area contributed by atoms with E-state index in [1.807, 2.05) is 62.4 Å². The maximum absolute atomic E-state index is 12.5. The van der Waals surface area contributed by atoms with Crippen molar-refractivity contribution in [3.8, 4) is 5.75 Å². The predicted molar refractivity (Wildman–Crippen MR) is 105 cm³/mol. The normalized spacial score (nSPS) is 10.3. The summed E-state index contributed by atoms with van der Waals surface area (Å²) in [5.41, 5.74) is 3.94. The van der Waals surface area contributed by atoms with E-state index >= 15 is 0 Å². The zero-order chi connectivity index (χ0) is 19.2. The number of rotatable bonds is 6. The van der Waals surface area contributed by atoms with Crippen molar-refractivity contribution in [2.45, 2.75) is 20.4 Å². The molecule has 6 heteroatoms. The third-order valence-electron chi connectivity index (χ3n) is 3.98. The monoisotopic (exact) mass is 362 g/mol. The number of benzene rings is 2. The Morgan fingerprint density at radius 3 is 2.63 bits per heavy atom. The van der Waals surface area contributed by atoms with Crippen LogP contribution in [0.2, 0.25) is 0 Å². The van der Waals surface area contributed by atoms with E-state index in [0.717, 1.165) is 16.8 Å². The Morgan fingerprint density at radius 1 is 1.04 bits per heavy atom. The van der Waals surface area contributed by atoms with Gasteiger partial charge in [-0.3, -0.25) is 4.79 Å². The summed E-state index contributed by atoms with van der Waals surface area (Å²) >= 11 is 0. The molecule has 138 valence electrons. The van der Waals surface area contributed by atoms with Crippen LogP contribution in [0.4, 0.5) is 11.6 Å². The Balaban J connectivity index is 1.75. The van der Waals surface area contributed by atoms with E-state index in [9.17, 15) is 4.79 Å². The molecule has 2 N–H and O–H groups in total. The molecule has 2 aromatic carbocycles. The minimum absolute atomic E-state index is 0.245. The first-order valence-corrected chi connectivity index (χ1v) is 8.64. The molecule has 0 aliphatic heterocycles. The molecule has 0 radical (unpaired) electrons. The Bertz CT molecular complexity index is 956. The van der Waals surface area contributed by atoms with E-state index in [1.54, 1.807) is 13.2 Å². The molecule has 0 aliphatic rings. The van der Waals surface area contributed by atoms with E-state index in [0.29, 0.717) is 29.6 Å². The molecule has 0 bridgehead atoms. The molecule has 1 amide bonds. The van der Waals surface area contributed by atoms with Crippen molar-refractivity contribution >= 4 is 17.5 Å². The SMILES string of the molecule is COc1ccccc1Nc1nc(C)cc(C(=O)NCc2cccc(C)c2)n1. The number of carbonyl (C=O) groups is 1. The van der Waals surface area contributed by atoms with E-state index in [4.69, 9.17) is 4.74 Å². The summed E-state index contributed by atoms with van der Waals surface area (Å²) in [6.45, 7) is 4.29. The minimum atomic E-state index is -0.245. The fourth-order valence-corrected chi connectivity index (χ4v) is 2.70. The first-order valence-electron chi connectivity index (χ1n) is 8.64. The van der Waals surface area contributed by atoms with Crippen LogP contribution < -0.4 is 15.4 Å². The molecule has 3 aromatic rings. The van der Waals surface area contributed by atoms with Crippen LogP contribution in [0.1, 0.15) is 27.3 Å². The molecule has 27 heavy (non-hydrogen) atoms. The standard InChI is InChI=1S/C21H22N4O2/c1-14-7-6-8-16(11-14)13-22-20(26)18-12-15(2)23-21(25-18)24-17-9-4-5-10-19(17)27-3/h4-12H,13H2,1-3H3,(H,22,26)(H,23,24,25). The van der Waals surface area contributed by atoms with Crippen molar-refractivity contribution in [3.05, 3.63) is 77.1 Å². The van der Waals surface area contributed by atoms with Crippen LogP contribution in [0.15, 0.2) is 54.6 Å².